The number of hydrogen-bond acceptors (Lipinski definition) is 1. The van der Waals surface area contributed by atoms with Crippen LogP contribution in [0.3, 0.4) is 0 Å². The second kappa shape index (κ2) is 6.64. The Morgan fingerprint density at radius 2 is 1.76 bits per heavy atom. The monoisotopic (exact) mass is 285 g/mol. The smallest absolute Gasteiger partial charge is 0.225 e. The minimum Gasteiger partial charge on any atom is -0.342 e. The molecule has 1 amide bonds. The van der Waals surface area contributed by atoms with Gasteiger partial charge in [0, 0.05) is 19.0 Å². The van der Waals surface area contributed by atoms with Gasteiger partial charge in [0.15, 0.2) is 0 Å². The summed E-state index contributed by atoms with van der Waals surface area (Å²) in [5, 5.41) is 0. The van der Waals surface area contributed by atoms with Gasteiger partial charge in [0.05, 0.1) is 0 Å². The average Bonchev–Trinajstić information content (AvgIpc) is 2.45. The highest BCUT2D eigenvalue weighted by Crippen LogP contribution is 2.30. The van der Waals surface area contributed by atoms with Crippen molar-refractivity contribution >= 4 is 5.91 Å². The maximum absolute atomic E-state index is 12.2. The van der Waals surface area contributed by atoms with Crippen molar-refractivity contribution in [3.8, 4) is 0 Å². The van der Waals surface area contributed by atoms with E-state index in [-0.39, 0.29) is 0 Å². The molecule has 114 valence electrons. The summed E-state index contributed by atoms with van der Waals surface area (Å²) in [4.78, 5) is 14.4. The molecule has 2 nitrogen and oxygen atoms in total. The number of amides is 1. The van der Waals surface area contributed by atoms with Crippen molar-refractivity contribution in [2.75, 3.05) is 13.1 Å². The van der Waals surface area contributed by atoms with Gasteiger partial charge in [-0.2, -0.15) is 0 Å². The molecule has 1 heterocycles. The molecule has 0 radical (unpaired) electrons. The highest BCUT2D eigenvalue weighted by atomic mass is 16.2. The van der Waals surface area contributed by atoms with E-state index in [1.807, 2.05) is 0 Å². The van der Waals surface area contributed by atoms with Gasteiger partial charge in [0.25, 0.3) is 0 Å². The summed E-state index contributed by atoms with van der Waals surface area (Å²) in [5.74, 6) is 1.61. The Morgan fingerprint density at radius 1 is 1.10 bits per heavy atom. The largest absolute Gasteiger partial charge is 0.342 e. The lowest BCUT2D eigenvalue weighted by molar-refractivity contribution is -0.139. The number of piperidine rings is 1. The van der Waals surface area contributed by atoms with E-state index in [9.17, 15) is 4.79 Å². The van der Waals surface area contributed by atoms with Gasteiger partial charge in [-0.15, -0.1) is 0 Å². The molecule has 21 heavy (non-hydrogen) atoms. The van der Waals surface area contributed by atoms with Crippen LogP contribution in [0, 0.1) is 18.8 Å². The number of nitrogens with zero attached hydrogens (tertiary/aromatic N) is 1. The molecule has 2 fully saturated rings. The average molecular weight is 285 g/mol. The van der Waals surface area contributed by atoms with Crippen molar-refractivity contribution in [1.82, 2.24) is 4.90 Å². The third kappa shape index (κ3) is 3.66. The zero-order valence-electron chi connectivity index (χ0n) is 13.2. The molecule has 2 heteroatoms. The van der Waals surface area contributed by atoms with E-state index in [4.69, 9.17) is 0 Å². The molecular weight excluding hydrogens is 258 g/mol. The number of hydrogen-bond donors (Lipinski definition) is 0. The fraction of sp³-hybridized carbons (Fsp3) is 0.632. The zero-order valence-corrected chi connectivity index (χ0v) is 13.2. The molecule has 1 aromatic carbocycles. The van der Waals surface area contributed by atoms with E-state index in [1.165, 1.54) is 43.2 Å². The van der Waals surface area contributed by atoms with E-state index >= 15 is 0 Å². The molecule has 0 aromatic heterocycles. The van der Waals surface area contributed by atoms with Crippen LogP contribution in [-0.2, 0) is 11.2 Å². The quantitative estimate of drug-likeness (QED) is 0.820. The van der Waals surface area contributed by atoms with Gasteiger partial charge in [0.1, 0.15) is 0 Å². The van der Waals surface area contributed by atoms with Gasteiger partial charge in [-0.3, -0.25) is 4.79 Å². The van der Waals surface area contributed by atoms with E-state index in [1.54, 1.807) is 0 Å². The van der Waals surface area contributed by atoms with Crippen LogP contribution < -0.4 is 0 Å². The summed E-state index contributed by atoms with van der Waals surface area (Å²) in [7, 11) is 0. The van der Waals surface area contributed by atoms with Crippen molar-refractivity contribution in [3.05, 3.63) is 35.4 Å². The standard InChI is InChI=1S/C19H27NO/c1-15-5-7-16(8-6-15)9-10-17-11-13-20(14-12-17)19(21)18-3-2-4-18/h5-8,17-18H,2-4,9-14H2,1H3. The van der Waals surface area contributed by atoms with E-state index < -0.39 is 0 Å². The topological polar surface area (TPSA) is 20.3 Å². The second-order valence-corrected chi connectivity index (χ2v) is 6.92. The summed E-state index contributed by atoms with van der Waals surface area (Å²) in [6, 6.07) is 8.92. The highest BCUT2D eigenvalue weighted by molar-refractivity contribution is 5.79. The number of benzene rings is 1. The first-order valence-corrected chi connectivity index (χ1v) is 8.57. The molecule has 1 aliphatic heterocycles. The summed E-state index contributed by atoms with van der Waals surface area (Å²) in [5.41, 5.74) is 2.79. The summed E-state index contributed by atoms with van der Waals surface area (Å²) >= 11 is 0. The van der Waals surface area contributed by atoms with Gasteiger partial charge < -0.3 is 4.90 Å². The van der Waals surface area contributed by atoms with Crippen molar-refractivity contribution < 1.29 is 4.79 Å². The molecular formula is C19H27NO. The molecule has 0 spiro atoms. The van der Waals surface area contributed by atoms with Crippen LogP contribution in [0.15, 0.2) is 24.3 Å². The molecule has 1 aromatic rings. The second-order valence-electron chi connectivity index (χ2n) is 6.92. The maximum atomic E-state index is 12.2. The molecule has 0 bridgehead atoms. The van der Waals surface area contributed by atoms with Crippen LogP contribution in [0.4, 0.5) is 0 Å². The van der Waals surface area contributed by atoms with Crippen LogP contribution in [0.1, 0.15) is 49.7 Å². The lowest BCUT2D eigenvalue weighted by Gasteiger charge is -2.36. The molecule has 0 N–H and O–H groups in total. The van der Waals surface area contributed by atoms with Crippen LogP contribution in [0.2, 0.25) is 0 Å². The predicted octanol–water partition coefficient (Wildman–Crippen LogP) is 3.97. The van der Waals surface area contributed by atoms with Crippen molar-refractivity contribution in [2.24, 2.45) is 11.8 Å². The minimum atomic E-state index is 0.370. The number of rotatable bonds is 4. The lowest BCUT2D eigenvalue weighted by atomic mass is 9.83. The molecule has 1 aliphatic carbocycles. The molecule has 2 aliphatic rings. The van der Waals surface area contributed by atoms with Crippen LogP contribution in [-0.4, -0.2) is 23.9 Å². The Morgan fingerprint density at radius 3 is 2.33 bits per heavy atom. The van der Waals surface area contributed by atoms with Crippen molar-refractivity contribution in [1.29, 1.82) is 0 Å². The Bertz CT molecular complexity index is 467. The summed E-state index contributed by atoms with van der Waals surface area (Å²) in [6.07, 6.45) is 8.37. The number of carbonyl (C=O) groups is 1. The van der Waals surface area contributed by atoms with Gasteiger partial charge in [-0.1, -0.05) is 36.2 Å². The fourth-order valence-corrected chi connectivity index (χ4v) is 3.48. The van der Waals surface area contributed by atoms with Gasteiger partial charge in [0.2, 0.25) is 5.91 Å². The third-order valence-corrected chi connectivity index (χ3v) is 5.34. The first-order valence-electron chi connectivity index (χ1n) is 8.57. The SMILES string of the molecule is Cc1ccc(CCC2CCN(C(=O)C3CCC3)CC2)cc1. The zero-order chi connectivity index (χ0) is 14.7. The van der Waals surface area contributed by atoms with E-state index in [0.29, 0.717) is 11.8 Å². The number of carbonyl (C=O) groups excluding carboxylic acids is 1. The first kappa shape index (κ1) is 14.6. The number of aryl methyl sites for hydroxylation is 2. The van der Waals surface area contributed by atoms with Gasteiger partial charge in [-0.25, -0.2) is 0 Å². The molecule has 1 saturated heterocycles. The van der Waals surface area contributed by atoms with Crippen molar-refractivity contribution in [2.45, 2.75) is 51.9 Å². The molecule has 0 atom stereocenters. The number of likely N-dealkylation sites (tertiary alicyclic amines) is 1. The Labute approximate surface area is 128 Å². The fourth-order valence-electron chi connectivity index (χ4n) is 3.48. The highest BCUT2D eigenvalue weighted by Gasteiger charge is 2.31. The van der Waals surface area contributed by atoms with Gasteiger partial charge in [-0.05, 0) is 56.9 Å². The predicted molar refractivity (Wildman–Crippen MR) is 86.1 cm³/mol. The maximum Gasteiger partial charge on any atom is 0.225 e. The van der Waals surface area contributed by atoms with E-state index in [0.717, 1.165) is 31.8 Å². The first-order chi connectivity index (χ1) is 10.2. The normalized spacial score (nSPS) is 20.3. The third-order valence-electron chi connectivity index (χ3n) is 5.34. The van der Waals surface area contributed by atoms with Crippen LogP contribution >= 0.6 is 0 Å². The summed E-state index contributed by atoms with van der Waals surface area (Å²) in [6.45, 7) is 4.13. The Balaban J connectivity index is 1.41. The Hall–Kier alpha value is -1.31. The summed E-state index contributed by atoms with van der Waals surface area (Å²) < 4.78 is 0. The lowest BCUT2D eigenvalue weighted by Crippen LogP contribution is -2.43. The van der Waals surface area contributed by atoms with E-state index in [2.05, 4.69) is 36.1 Å². The van der Waals surface area contributed by atoms with Gasteiger partial charge >= 0.3 is 0 Å². The van der Waals surface area contributed by atoms with Crippen LogP contribution in [0.5, 0.6) is 0 Å². The molecule has 3 rings (SSSR count). The van der Waals surface area contributed by atoms with Crippen LogP contribution in [0.25, 0.3) is 0 Å². The molecule has 1 saturated carbocycles. The molecule has 0 unspecified atom stereocenters. The Kier molecular flexibility index (Phi) is 4.62. The van der Waals surface area contributed by atoms with Crippen molar-refractivity contribution in [3.63, 3.8) is 0 Å². The minimum absolute atomic E-state index is 0.370.